The number of nitrogens with one attached hydrogen (secondary N) is 2. The number of carbonyl (C=O) groups excluding carboxylic acids is 1. The summed E-state index contributed by atoms with van der Waals surface area (Å²) in [6.45, 7) is 5.76. The first-order valence-corrected chi connectivity index (χ1v) is 10.6. The van der Waals surface area contributed by atoms with Gasteiger partial charge in [-0.1, -0.05) is 42.5 Å². The SMILES string of the molecule is CN=C(NCCc1ccc(NC(C)=O)cc1)N1CCC(COCc2ccccc2)C1. The highest BCUT2D eigenvalue weighted by Crippen LogP contribution is 2.17. The number of hydrogen-bond acceptors (Lipinski definition) is 3. The fourth-order valence-corrected chi connectivity index (χ4v) is 3.69. The Morgan fingerprint density at radius 1 is 1.13 bits per heavy atom. The van der Waals surface area contributed by atoms with Gasteiger partial charge in [0, 0.05) is 45.2 Å². The van der Waals surface area contributed by atoms with Crippen LogP contribution in [0.25, 0.3) is 0 Å². The zero-order chi connectivity index (χ0) is 21.2. The van der Waals surface area contributed by atoms with Crippen LogP contribution in [0.1, 0.15) is 24.5 Å². The van der Waals surface area contributed by atoms with Gasteiger partial charge in [-0.25, -0.2) is 0 Å². The smallest absolute Gasteiger partial charge is 0.221 e. The number of anilines is 1. The van der Waals surface area contributed by atoms with Crippen LogP contribution in [0.2, 0.25) is 0 Å². The molecular weight excluding hydrogens is 376 g/mol. The number of hydrogen-bond donors (Lipinski definition) is 2. The van der Waals surface area contributed by atoms with Crippen molar-refractivity contribution in [3.8, 4) is 0 Å². The van der Waals surface area contributed by atoms with Crippen molar-refractivity contribution < 1.29 is 9.53 Å². The van der Waals surface area contributed by atoms with Gasteiger partial charge in [-0.2, -0.15) is 0 Å². The molecule has 1 heterocycles. The third-order valence-electron chi connectivity index (χ3n) is 5.23. The molecule has 2 aromatic carbocycles. The van der Waals surface area contributed by atoms with E-state index in [2.05, 4.69) is 32.7 Å². The van der Waals surface area contributed by atoms with Gasteiger partial charge < -0.3 is 20.3 Å². The van der Waals surface area contributed by atoms with E-state index in [0.717, 1.165) is 50.7 Å². The quantitative estimate of drug-likeness (QED) is 0.520. The molecule has 6 nitrogen and oxygen atoms in total. The molecule has 1 aliphatic rings. The minimum atomic E-state index is -0.0531. The van der Waals surface area contributed by atoms with Crippen LogP contribution >= 0.6 is 0 Å². The minimum Gasteiger partial charge on any atom is -0.376 e. The maximum absolute atomic E-state index is 11.1. The van der Waals surface area contributed by atoms with Gasteiger partial charge in [0.15, 0.2) is 5.96 Å². The molecule has 1 atom stereocenters. The van der Waals surface area contributed by atoms with Crippen molar-refractivity contribution in [2.24, 2.45) is 10.9 Å². The Labute approximate surface area is 179 Å². The number of guanidine groups is 1. The highest BCUT2D eigenvalue weighted by atomic mass is 16.5. The molecule has 2 aromatic rings. The molecular formula is C24H32N4O2. The van der Waals surface area contributed by atoms with Gasteiger partial charge in [0.25, 0.3) is 0 Å². The van der Waals surface area contributed by atoms with Crippen molar-refractivity contribution in [3.63, 3.8) is 0 Å². The van der Waals surface area contributed by atoms with Crippen LogP contribution in [-0.4, -0.2) is 50.1 Å². The minimum absolute atomic E-state index is 0.0531. The Kier molecular flexibility index (Phi) is 8.27. The summed E-state index contributed by atoms with van der Waals surface area (Å²) in [6, 6.07) is 18.3. The van der Waals surface area contributed by atoms with E-state index < -0.39 is 0 Å². The summed E-state index contributed by atoms with van der Waals surface area (Å²) in [6.07, 6.45) is 2.02. The third kappa shape index (κ3) is 6.88. The summed E-state index contributed by atoms with van der Waals surface area (Å²) in [5.41, 5.74) is 3.27. The molecule has 1 saturated heterocycles. The molecule has 1 unspecified atom stereocenters. The number of benzene rings is 2. The van der Waals surface area contributed by atoms with Gasteiger partial charge in [-0.3, -0.25) is 9.79 Å². The highest BCUT2D eigenvalue weighted by Gasteiger charge is 2.24. The second-order valence-electron chi connectivity index (χ2n) is 7.70. The van der Waals surface area contributed by atoms with Gasteiger partial charge in [-0.15, -0.1) is 0 Å². The van der Waals surface area contributed by atoms with E-state index in [1.54, 1.807) is 0 Å². The molecule has 1 aliphatic heterocycles. The Morgan fingerprint density at radius 3 is 2.60 bits per heavy atom. The largest absolute Gasteiger partial charge is 0.376 e. The summed E-state index contributed by atoms with van der Waals surface area (Å²) in [5, 5.41) is 6.26. The number of carbonyl (C=O) groups is 1. The van der Waals surface area contributed by atoms with Crippen LogP contribution in [0.3, 0.4) is 0 Å². The molecule has 1 amide bonds. The fraction of sp³-hybridized carbons (Fsp3) is 0.417. The summed E-state index contributed by atoms with van der Waals surface area (Å²) < 4.78 is 5.92. The number of aliphatic imine (C=N–C) groups is 1. The lowest BCUT2D eigenvalue weighted by molar-refractivity contribution is -0.114. The first-order valence-electron chi connectivity index (χ1n) is 10.6. The zero-order valence-corrected chi connectivity index (χ0v) is 17.9. The molecule has 0 spiro atoms. The Bertz CT molecular complexity index is 821. The van der Waals surface area contributed by atoms with E-state index in [0.29, 0.717) is 12.5 Å². The first kappa shape index (κ1) is 21.8. The molecule has 2 N–H and O–H groups in total. The van der Waals surface area contributed by atoms with Crippen molar-refractivity contribution in [1.29, 1.82) is 0 Å². The molecule has 0 bridgehead atoms. The van der Waals surface area contributed by atoms with E-state index in [1.165, 1.54) is 18.1 Å². The molecule has 3 rings (SSSR count). The van der Waals surface area contributed by atoms with Crippen molar-refractivity contribution in [1.82, 2.24) is 10.2 Å². The molecule has 0 saturated carbocycles. The van der Waals surface area contributed by atoms with Crippen LogP contribution in [0, 0.1) is 5.92 Å². The van der Waals surface area contributed by atoms with Crippen LogP contribution in [0.5, 0.6) is 0 Å². The van der Waals surface area contributed by atoms with Gasteiger partial charge in [0.2, 0.25) is 5.91 Å². The van der Waals surface area contributed by atoms with E-state index in [1.807, 2.05) is 49.5 Å². The number of amides is 1. The summed E-state index contributed by atoms with van der Waals surface area (Å²) in [4.78, 5) is 17.9. The third-order valence-corrected chi connectivity index (χ3v) is 5.23. The lowest BCUT2D eigenvalue weighted by Gasteiger charge is -2.22. The summed E-state index contributed by atoms with van der Waals surface area (Å²) >= 11 is 0. The standard InChI is InChI=1S/C24H32N4O2/c1-19(29)27-23-10-8-20(9-11-23)12-14-26-24(25-2)28-15-13-22(16-28)18-30-17-21-6-4-3-5-7-21/h3-11,22H,12-18H2,1-2H3,(H,25,26)(H,27,29). The Hall–Kier alpha value is -2.86. The number of ether oxygens (including phenoxy) is 1. The van der Waals surface area contributed by atoms with E-state index in [9.17, 15) is 4.79 Å². The zero-order valence-electron chi connectivity index (χ0n) is 17.9. The molecule has 6 heteroatoms. The number of rotatable bonds is 8. The fourth-order valence-electron chi connectivity index (χ4n) is 3.69. The number of likely N-dealkylation sites (tertiary alicyclic amines) is 1. The average Bonchev–Trinajstić information content (AvgIpc) is 3.21. The van der Waals surface area contributed by atoms with Crippen LogP contribution < -0.4 is 10.6 Å². The van der Waals surface area contributed by atoms with Gasteiger partial charge in [0.05, 0.1) is 13.2 Å². The average molecular weight is 409 g/mol. The summed E-state index contributed by atoms with van der Waals surface area (Å²) in [5.74, 6) is 1.44. The topological polar surface area (TPSA) is 66.0 Å². The molecule has 0 aliphatic carbocycles. The lowest BCUT2D eigenvalue weighted by Crippen LogP contribution is -2.41. The number of nitrogens with zero attached hydrogens (tertiary/aromatic N) is 2. The van der Waals surface area contributed by atoms with Gasteiger partial charge >= 0.3 is 0 Å². The van der Waals surface area contributed by atoms with Gasteiger partial charge in [-0.05, 0) is 36.1 Å². The predicted molar refractivity (Wildman–Crippen MR) is 122 cm³/mol. The van der Waals surface area contributed by atoms with Crippen LogP contribution in [0.15, 0.2) is 59.6 Å². The van der Waals surface area contributed by atoms with E-state index in [4.69, 9.17) is 4.74 Å². The van der Waals surface area contributed by atoms with Crippen LogP contribution in [-0.2, 0) is 22.6 Å². The lowest BCUT2D eigenvalue weighted by atomic mass is 10.1. The maximum Gasteiger partial charge on any atom is 0.221 e. The monoisotopic (exact) mass is 408 g/mol. The molecule has 30 heavy (non-hydrogen) atoms. The maximum atomic E-state index is 11.1. The van der Waals surface area contributed by atoms with E-state index in [-0.39, 0.29) is 5.91 Å². The second kappa shape index (κ2) is 11.4. The van der Waals surface area contributed by atoms with Crippen molar-refractivity contribution in [3.05, 3.63) is 65.7 Å². The second-order valence-corrected chi connectivity index (χ2v) is 7.70. The van der Waals surface area contributed by atoms with Crippen molar-refractivity contribution in [2.45, 2.75) is 26.4 Å². The summed E-state index contributed by atoms with van der Waals surface area (Å²) in [7, 11) is 1.84. The molecule has 0 aromatic heterocycles. The van der Waals surface area contributed by atoms with Crippen molar-refractivity contribution in [2.75, 3.05) is 38.6 Å². The van der Waals surface area contributed by atoms with E-state index >= 15 is 0 Å². The molecule has 160 valence electrons. The Morgan fingerprint density at radius 2 is 1.90 bits per heavy atom. The molecule has 0 radical (unpaired) electrons. The Balaban J connectivity index is 1.37. The predicted octanol–water partition coefficient (Wildman–Crippen LogP) is 3.30. The highest BCUT2D eigenvalue weighted by molar-refractivity contribution is 5.88. The normalized spacial score (nSPS) is 16.5. The van der Waals surface area contributed by atoms with Crippen molar-refractivity contribution >= 4 is 17.6 Å². The van der Waals surface area contributed by atoms with Gasteiger partial charge in [0.1, 0.15) is 0 Å². The van der Waals surface area contributed by atoms with Crippen LogP contribution in [0.4, 0.5) is 5.69 Å². The molecule has 1 fully saturated rings. The first-order chi connectivity index (χ1) is 14.6.